The first-order valence-corrected chi connectivity index (χ1v) is 21.3. The summed E-state index contributed by atoms with van der Waals surface area (Å²) in [6.45, 7) is 8.30. The minimum atomic E-state index is -0.578. The number of carbonyl (C=O) groups is 3. The van der Waals surface area contributed by atoms with Crippen molar-refractivity contribution < 1.29 is 19.5 Å². The van der Waals surface area contributed by atoms with E-state index in [1.165, 1.54) is 73.3 Å². The predicted octanol–water partition coefficient (Wildman–Crippen LogP) is 6.83. The van der Waals surface area contributed by atoms with Gasteiger partial charge in [0.05, 0.1) is 0 Å². The van der Waals surface area contributed by atoms with Crippen LogP contribution in [0.4, 0.5) is 11.4 Å². The summed E-state index contributed by atoms with van der Waals surface area (Å²) in [4.78, 5) is 46.7. The number of carbonyl (C=O) groups excluding carboxylic acids is 3. The second-order valence-corrected chi connectivity index (χ2v) is 17.8. The summed E-state index contributed by atoms with van der Waals surface area (Å²) in [5.74, 6) is 1.05. The third-order valence-electron chi connectivity index (χ3n) is 14.4. The van der Waals surface area contributed by atoms with Gasteiger partial charge in [-0.05, 0) is 132 Å². The highest BCUT2D eigenvalue weighted by Gasteiger charge is 2.46. The molecule has 10 rings (SSSR count). The van der Waals surface area contributed by atoms with Crippen LogP contribution >= 0.6 is 0 Å². The number of imide groups is 1. The van der Waals surface area contributed by atoms with Crippen molar-refractivity contribution in [2.45, 2.75) is 75.8 Å². The third-order valence-corrected chi connectivity index (χ3v) is 14.4. The number of phenolic OH excluding ortho intramolecular Hbond substituents is 1. The molecular formula is C48H53N5O4. The van der Waals surface area contributed by atoms with Gasteiger partial charge < -0.3 is 24.7 Å². The topological polar surface area (TPSA) is 96.4 Å². The van der Waals surface area contributed by atoms with Crippen LogP contribution in [0.25, 0.3) is 0 Å². The summed E-state index contributed by atoms with van der Waals surface area (Å²) >= 11 is 0. The first kappa shape index (κ1) is 36.2. The van der Waals surface area contributed by atoms with E-state index >= 15 is 0 Å². The zero-order valence-corrected chi connectivity index (χ0v) is 32.7. The van der Waals surface area contributed by atoms with Crippen LogP contribution in [0.5, 0.6) is 5.75 Å². The average Bonchev–Trinajstić information content (AvgIpc) is 3.55. The molecule has 9 nitrogen and oxygen atoms in total. The number of phenols is 1. The molecule has 3 amide bonds. The number of piperidine rings is 3. The van der Waals surface area contributed by atoms with Crippen LogP contribution in [0.3, 0.4) is 0 Å². The van der Waals surface area contributed by atoms with Gasteiger partial charge >= 0.3 is 0 Å². The molecule has 1 spiro atoms. The van der Waals surface area contributed by atoms with Gasteiger partial charge in [0, 0.05) is 81.6 Å². The fourth-order valence-corrected chi connectivity index (χ4v) is 11.3. The Bertz CT molecular complexity index is 2160. The SMILES string of the molecule is O=C1CCC(N2Cc3cc(N4CCC5(CC4)CN(CC4CCN(c6ccc([C@@H]7c8ccc(O)cc8CC[C@@H]7c7ccccc7)cc6)CC4)C5)ccc3C2=O)C(=O)N1. The summed E-state index contributed by atoms with van der Waals surface area (Å²) in [5.41, 5.74) is 9.93. The molecule has 1 unspecified atom stereocenters. The number of likely N-dealkylation sites (tertiary alicyclic amines) is 1. The molecule has 9 heteroatoms. The van der Waals surface area contributed by atoms with Gasteiger partial charge in [-0.25, -0.2) is 0 Å². The van der Waals surface area contributed by atoms with Crippen molar-refractivity contribution in [3.05, 3.63) is 124 Å². The smallest absolute Gasteiger partial charge is 0.255 e. The third kappa shape index (κ3) is 6.88. The zero-order valence-electron chi connectivity index (χ0n) is 32.7. The van der Waals surface area contributed by atoms with E-state index in [9.17, 15) is 19.5 Å². The number of anilines is 2. The summed E-state index contributed by atoms with van der Waals surface area (Å²) in [7, 11) is 0. The fourth-order valence-electron chi connectivity index (χ4n) is 11.3. The number of aromatic hydroxyl groups is 1. The molecular weight excluding hydrogens is 711 g/mol. The van der Waals surface area contributed by atoms with E-state index < -0.39 is 6.04 Å². The van der Waals surface area contributed by atoms with Gasteiger partial charge in [-0.15, -0.1) is 0 Å². The summed E-state index contributed by atoms with van der Waals surface area (Å²) in [6, 6.07) is 31.9. The largest absolute Gasteiger partial charge is 0.508 e. The van der Waals surface area contributed by atoms with E-state index in [1.54, 1.807) is 4.90 Å². The second-order valence-electron chi connectivity index (χ2n) is 17.8. The molecule has 0 bridgehead atoms. The Morgan fingerprint density at radius 1 is 0.702 bits per heavy atom. The highest BCUT2D eigenvalue weighted by Crippen LogP contribution is 2.48. The van der Waals surface area contributed by atoms with Crippen molar-refractivity contribution >= 4 is 29.1 Å². The number of fused-ring (bicyclic) bond motifs is 2. The quantitative estimate of drug-likeness (QED) is 0.199. The molecule has 294 valence electrons. The molecule has 0 aromatic heterocycles. The maximum absolute atomic E-state index is 13.2. The second kappa shape index (κ2) is 14.7. The van der Waals surface area contributed by atoms with E-state index in [-0.39, 0.29) is 30.1 Å². The van der Waals surface area contributed by atoms with Gasteiger partial charge in [0.2, 0.25) is 11.8 Å². The van der Waals surface area contributed by atoms with Crippen molar-refractivity contribution in [1.82, 2.24) is 15.1 Å². The average molecular weight is 764 g/mol. The van der Waals surface area contributed by atoms with Gasteiger partial charge in [-0.2, -0.15) is 0 Å². The Morgan fingerprint density at radius 3 is 2.19 bits per heavy atom. The van der Waals surface area contributed by atoms with E-state index in [2.05, 4.69) is 92.8 Å². The molecule has 5 aliphatic heterocycles. The van der Waals surface area contributed by atoms with Crippen LogP contribution in [-0.4, -0.2) is 84.5 Å². The first-order valence-electron chi connectivity index (χ1n) is 21.3. The molecule has 1 aliphatic carbocycles. The number of benzene rings is 4. The lowest BCUT2D eigenvalue weighted by atomic mass is 9.69. The van der Waals surface area contributed by atoms with Crippen molar-refractivity contribution in [1.29, 1.82) is 0 Å². The van der Waals surface area contributed by atoms with Crippen LogP contribution in [0.1, 0.15) is 95.0 Å². The van der Waals surface area contributed by atoms with E-state index in [1.807, 2.05) is 18.2 Å². The number of aryl methyl sites for hydroxylation is 1. The Balaban J connectivity index is 0.705. The zero-order chi connectivity index (χ0) is 38.7. The van der Waals surface area contributed by atoms with E-state index in [0.29, 0.717) is 35.6 Å². The lowest BCUT2D eigenvalue weighted by Gasteiger charge is -2.55. The molecule has 6 aliphatic rings. The minimum absolute atomic E-state index is 0.111. The molecule has 4 saturated heterocycles. The molecule has 4 aromatic carbocycles. The molecule has 57 heavy (non-hydrogen) atoms. The van der Waals surface area contributed by atoms with Gasteiger partial charge in [-0.3, -0.25) is 19.7 Å². The number of rotatable bonds is 7. The van der Waals surface area contributed by atoms with E-state index in [4.69, 9.17) is 0 Å². The molecule has 0 radical (unpaired) electrons. The minimum Gasteiger partial charge on any atom is -0.508 e. The van der Waals surface area contributed by atoms with Gasteiger partial charge in [0.25, 0.3) is 5.91 Å². The molecule has 0 saturated carbocycles. The van der Waals surface area contributed by atoms with Gasteiger partial charge in [0.1, 0.15) is 11.8 Å². The fraction of sp³-hybridized carbons (Fsp3) is 0.438. The van der Waals surface area contributed by atoms with Crippen LogP contribution < -0.4 is 15.1 Å². The highest BCUT2D eigenvalue weighted by atomic mass is 16.3. The Morgan fingerprint density at radius 2 is 1.44 bits per heavy atom. The Labute approximate surface area is 335 Å². The van der Waals surface area contributed by atoms with Gasteiger partial charge in [0.15, 0.2) is 0 Å². The lowest BCUT2D eigenvalue weighted by molar-refractivity contribution is -0.136. The number of hydrogen-bond acceptors (Lipinski definition) is 7. The molecule has 4 fully saturated rings. The Kier molecular flexibility index (Phi) is 9.31. The molecule has 4 aromatic rings. The van der Waals surface area contributed by atoms with Crippen molar-refractivity contribution in [3.63, 3.8) is 0 Å². The van der Waals surface area contributed by atoms with Crippen LogP contribution in [0.15, 0.2) is 91.0 Å². The number of amides is 3. The first-order chi connectivity index (χ1) is 27.8. The number of hydrogen-bond donors (Lipinski definition) is 2. The van der Waals surface area contributed by atoms with Gasteiger partial charge in [-0.1, -0.05) is 48.5 Å². The number of nitrogens with zero attached hydrogens (tertiary/aromatic N) is 4. The summed E-state index contributed by atoms with van der Waals surface area (Å²) in [6.07, 6.45) is 7.57. The maximum atomic E-state index is 13.2. The predicted molar refractivity (Wildman–Crippen MR) is 222 cm³/mol. The van der Waals surface area contributed by atoms with Crippen LogP contribution in [-0.2, 0) is 22.6 Å². The molecule has 2 N–H and O–H groups in total. The highest BCUT2D eigenvalue weighted by molar-refractivity contribution is 6.05. The van der Waals surface area contributed by atoms with Crippen LogP contribution in [0, 0.1) is 11.3 Å². The summed E-state index contributed by atoms with van der Waals surface area (Å²) < 4.78 is 0. The molecule has 5 heterocycles. The normalized spacial score (nSPS) is 24.9. The van der Waals surface area contributed by atoms with E-state index in [0.717, 1.165) is 56.2 Å². The van der Waals surface area contributed by atoms with Crippen molar-refractivity contribution in [2.75, 3.05) is 55.6 Å². The molecule has 3 atom stereocenters. The maximum Gasteiger partial charge on any atom is 0.255 e. The number of nitrogens with one attached hydrogen (secondary N) is 1. The lowest BCUT2D eigenvalue weighted by Crippen LogP contribution is -2.61. The summed E-state index contributed by atoms with van der Waals surface area (Å²) in [5, 5.41) is 12.6. The van der Waals surface area contributed by atoms with Crippen LogP contribution in [0.2, 0.25) is 0 Å². The van der Waals surface area contributed by atoms with Crippen molar-refractivity contribution in [2.24, 2.45) is 11.3 Å². The van der Waals surface area contributed by atoms with Crippen molar-refractivity contribution in [3.8, 4) is 5.75 Å². The standard InChI is InChI=1S/C48H53N5O4/c54-39-12-15-41-35(27-39)8-13-40(33-4-2-1-3-5-33)45(41)34-6-9-37(10-7-34)51-22-18-32(19-23-51)28-50-30-48(31-50)20-24-52(25-21-48)38-11-14-42-36(26-38)29-53(47(42)57)43-16-17-44(55)49-46(43)56/h1-7,9-12,14-15,26-27,32,40,43,45,54H,8,13,16-25,28-31H2,(H,49,55,56)/t40-,43?,45+/m1/s1. The monoisotopic (exact) mass is 763 g/mol. The Hall–Kier alpha value is -5.15.